The summed E-state index contributed by atoms with van der Waals surface area (Å²) in [5.41, 5.74) is 10.2. The molecule has 4 N–H and O–H groups in total. The summed E-state index contributed by atoms with van der Waals surface area (Å²) in [6.45, 7) is 0. The molecule has 0 radical (unpaired) electrons. The fourth-order valence-electron chi connectivity index (χ4n) is 1.91. The van der Waals surface area contributed by atoms with E-state index in [4.69, 9.17) is 23.1 Å². The Kier molecular flexibility index (Phi) is 5.74. The highest BCUT2D eigenvalue weighted by atomic mass is 35.5. The molecule has 0 aliphatic rings. The summed E-state index contributed by atoms with van der Waals surface area (Å²) in [6.07, 6.45) is -4.05. The highest BCUT2D eigenvalue weighted by Gasteiger charge is 2.32. The standard InChI is InChI=1S/C15H13ClF3N3OS/c16-9-1-3-10(4-2-9)24-12-5-8(15(17,18)19)7-22-14(12)11(20)6-13(21)23/h1-5,7,11H,6,20H2,(H2,21,23). The summed E-state index contributed by atoms with van der Waals surface area (Å²) in [5, 5.41) is 0.507. The van der Waals surface area contributed by atoms with E-state index in [1.807, 2.05) is 0 Å². The van der Waals surface area contributed by atoms with E-state index >= 15 is 0 Å². The fourth-order valence-corrected chi connectivity index (χ4v) is 3.06. The smallest absolute Gasteiger partial charge is 0.370 e. The van der Waals surface area contributed by atoms with E-state index in [0.29, 0.717) is 16.1 Å². The van der Waals surface area contributed by atoms with Crippen molar-refractivity contribution in [1.82, 2.24) is 4.98 Å². The first-order valence-electron chi connectivity index (χ1n) is 6.71. The Bertz CT molecular complexity index is 738. The first-order chi connectivity index (χ1) is 11.2. The van der Waals surface area contributed by atoms with Gasteiger partial charge in [0.15, 0.2) is 0 Å². The van der Waals surface area contributed by atoms with Crippen molar-refractivity contribution in [1.29, 1.82) is 0 Å². The van der Waals surface area contributed by atoms with Crippen LogP contribution in [0, 0.1) is 0 Å². The van der Waals surface area contributed by atoms with Gasteiger partial charge in [-0.3, -0.25) is 9.78 Å². The van der Waals surface area contributed by atoms with Crippen LogP contribution in [0.4, 0.5) is 13.2 Å². The molecule has 0 aliphatic heterocycles. The second-order valence-electron chi connectivity index (χ2n) is 4.94. The van der Waals surface area contributed by atoms with E-state index in [9.17, 15) is 18.0 Å². The van der Waals surface area contributed by atoms with Crippen molar-refractivity contribution in [2.24, 2.45) is 11.5 Å². The van der Waals surface area contributed by atoms with E-state index in [2.05, 4.69) is 4.98 Å². The van der Waals surface area contributed by atoms with Gasteiger partial charge in [-0.15, -0.1) is 0 Å². The number of primary amides is 1. The maximum Gasteiger partial charge on any atom is 0.417 e. The van der Waals surface area contributed by atoms with E-state index in [1.165, 1.54) is 0 Å². The predicted molar refractivity (Wildman–Crippen MR) is 85.6 cm³/mol. The first kappa shape index (κ1) is 18.6. The van der Waals surface area contributed by atoms with E-state index < -0.39 is 23.7 Å². The van der Waals surface area contributed by atoms with Gasteiger partial charge in [-0.25, -0.2) is 0 Å². The highest BCUT2D eigenvalue weighted by molar-refractivity contribution is 7.99. The van der Waals surface area contributed by atoms with E-state index in [-0.39, 0.29) is 17.0 Å². The molecule has 24 heavy (non-hydrogen) atoms. The van der Waals surface area contributed by atoms with Gasteiger partial charge in [0, 0.05) is 27.4 Å². The number of carbonyl (C=O) groups excluding carboxylic acids is 1. The molecule has 2 rings (SSSR count). The number of hydrogen-bond acceptors (Lipinski definition) is 4. The molecular weight excluding hydrogens is 363 g/mol. The lowest BCUT2D eigenvalue weighted by atomic mass is 10.1. The first-order valence-corrected chi connectivity index (χ1v) is 7.90. The van der Waals surface area contributed by atoms with Gasteiger partial charge in [0.25, 0.3) is 0 Å². The van der Waals surface area contributed by atoms with Crippen molar-refractivity contribution in [2.45, 2.75) is 28.4 Å². The summed E-state index contributed by atoms with van der Waals surface area (Å²) < 4.78 is 38.8. The summed E-state index contributed by atoms with van der Waals surface area (Å²) >= 11 is 6.85. The lowest BCUT2D eigenvalue weighted by molar-refractivity contribution is -0.138. The quantitative estimate of drug-likeness (QED) is 0.833. The molecule has 0 saturated carbocycles. The van der Waals surface area contributed by atoms with Crippen LogP contribution in [0.3, 0.4) is 0 Å². The summed E-state index contributed by atoms with van der Waals surface area (Å²) in [7, 11) is 0. The van der Waals surface area contributed by atoms with Gasteiger partial charge < -0.3 is 11.5 Å². The second kappa shape index (κ2) is 7.42. The van der Waals surface area contributed by atoms with Crippen LogP contribution in [-0.4, -0.2) is 10.9 Å². The Morgan fingerprint density at radius 1 is 1.29 bits per heavy atom. The van der Waals surface area contributed by atoms with Crippen LogP contribution in [-0.2, 0) is 11.0 Å². The number of alkyl halides is 3. The Labute approximate surface area is 145 Å². The number of pyridine rings is 1. The zero-order valence-corrected chi connectivity index (χ0v) is 13.8. The van der Waals surface area contributed by atoms with Crippen molar-refractivity contribution in [3.8, 4) is 0 Å². The number of benzene rings is 1. The number of nitrogens with two attached hydrogens (primary N) is 2. The van der Waals surface area contributed by atoms with Gasteiger partial charge in [0.2, 0.25) is 5.91 Å². The number of nitrogens with zero attached hydrogens (tertiary/aromatic N) is 1. The van der Waals surface area contributed by atoms with Gasteiger partial charge in [-0.05, 0) is 30.3 Å². The molecule has 1 atom stereocenters. The Hall–Kier alpha value is -1.77. The van der Waals surface area contributed by atoms with Crippen LogP contribution in [0.25, 0.3) is 0 Å². The van der Waals surface area contributed by atoms with E-state index in [1.54, 1.807) is 24.3 Å². The average molecular weight is 376 g/mol. The third-order valence-electron chi connectivity index (χ3n) is 3.02. The summed E-state index contributed by atoms with van der Waals surface area (Å²) in [4.78, 5) is 15.7. The normalized spacial score (nSPS) is 12.9. The molecule has 1 aromatic heterocycles. The number of amides is 1. The van der Waals surface area contributed by atoms with Gasteiger partial charge >= 0.3 is 6.18 Å². The molecule has 1 unspecified atom stereocenters. The monoisotopic (exact) mass is 375 g/mol. The summed E-state index contributed by atoms with van der Waals surface area (Å²) in [5.74, 6) is -0.661. The van der Waals surface area contributed by atoms with Crippen LogP contribution < -0.4 is 11.5 Å². The second-order valence-corrected chi connectivity index (χ2v) is 6.49. The van der Waals surface area contributed by atoms with Crippen molar-refractivity contribution >= 4 is 29.3 Å². The van der Waals surface area contributed by atoms with Gasteiger partial charge in [-0.2, -0.15) is 13.2 Å². The van der Waals surface area contributed by atoms with Gasteiger partial charge in [0.05, 0.1) is 17.3 Å². The molecule has 1 amide bonds. The molecule has 2 aromatic rings. The fraction of sp³-hybridized carbons (Fsp3) is 0.200. The molecule has 0 bridgehead atoms. The topological polar surface area (TPSA) is 82.0 Å². The van der Waals surface area contributed by atoms with Crippen LogP contribution >= 0.6 is 23.4 Å². The van der Waals surface area contributed by atoms with Crippen LogP contribution in [0.15, 0.2) is 46.3 Å². The molecule has 4 nitrogen and oxygen atoms in total. The van der Waals surface area contributed by atoms with Gasteiger partial charge in [0.1, 0.15) is 0 Å². The highest BCUT2D eigenvalue weighted by Crippen LogP contribution is 2.37. The average Bonchev–Trinajstić information content (AvgIpc) is 2.48. The van der Waals surface area contributed by atoms with Crippen molar-refractivity contribution in [3.63, 3.8) is 0 Å². The summed E-state index contributed by atoms with van der Waals surface area (Å²) in [6, 6.07) is 6.64. The zero-order valence-electron chi connectivity index (χ0n) is 12.2. The minimum absolute atomic E-state index is 0.182. The zero-order chi connectivity index (χ0) is 17.9. The molecule has 128 valence electrons. The lowest BCUT2D eigenvalue weighted by Gasteiger charge is -2.16. The molecular formula is C15H13ClF3N3OS. The molecule has 0 saturated heterocycles. The molecule has 1 heterocycles. The lowest BCUT2D eigenvalue weighted by Crippen LogP contribution is -2.22. The van der Waals surface area contributed by atoms with Crippen LogP contribution in [0.1, 0.15) is 23.7 Å². The minimum Gasteiger partial charge on any atom is -0.370 e. The number of carbonyl (C=O) groups is 1. The largest absolute Gasteiger partial charge is 0.417 e. The predicted octanol–water partition coefficient (Wildman–Crippen LogP) is 3.78. The van der Waals surface area contributed by atoms with Gasteiger partial charge in [-0.1, -0.05) is 23.4 Å². The maximum atomic E-state index is 12.9. The SMILES string of the molecule is NC(=O)CC(N)c1ncc(C(F)(F)F)cc1Sc1ccc(Cl)cc1. The van der Waals surface area contributed by atoms with Crippen molar-refractivity contribution in [2.75, 3.05) is 0 Å². The van der Waals surface area contributed by atoms with E-state index in [0.717, 1.165) is 17.8 Å². The Balaban J connectivity index is 2.42. The minimum atomic E-state index is -4.53. The Morgan fingerprint density at radius 3 is 2.46 bits per heavy atom. The molecule has 0 fully saturated rings. The number of rotatable bonds is 5. The molecule has 1 aromatic carbocycles. The molecule has 0 spiro atoms. The maximum absolute atomic E-state index is 12.9. The van der Waals surface area contributed by atoms with Crippen LogP contribution in [0.5, 0.6) is 0 Å². The molecule has 9 heteroatoms. The number of aromatic nitrogens is 1. The van der Waals surface area contributed by atoms with Crippen LogP contribution in [0.2, 0.25) is 5.02 Å². The third-order valence-corrected chi connectivity index (χ3v) is 4.33. The third kappa shape index (κ3) is 4.86. The Morgan fingerprint density at radius 2 is 1.92 bits per heavy atom. The number of hydrogen-bond donors (Lipinski definition) is 2. The molecule has 0 aliphatic carbocycles. The van der Waals surface area contributed by atoms with Crippen molar-refractivity contribution in [3.05, 3.63) is 52.8 Å². The van der Waals surface area contributed by atoms with Crippen molar-refractivity contribution < 1.29 is 18.0 Å². The number of halogens is 4.